The van der Waals surface area contributed by atoms with Crippen LogP contribution in [0.2, 0.25) is 0 Å². The zero-order valence-corrected chi connectivity index (χ0v) is 23.4. The van der Waals surface area contributed by atoms with Crippen LogP contribution >= 0.6 is 0 Å². The number of hydrogen-bond donors (Lipinski definition) is 2. The molecule has 176 valence electrons. The molecule has 2 amide bonds. The average Bonchev–Trinajstić information content (AvgIpc) is 2.85. The van der Waals surface area contributed by atoms with Gasteiger partial charge in [0.15, 0.2) is 0 Å². The summed E-state index contributed by atoms with van der Waals surface area (Å²) in [5, 5.41) is 11.1. The topological polar surface area (TPSA) is 69.6 Å². The Morgan fingerprint density at radius 2 is 1.91 bits per heavy atom. The van der Waals surface area contributed by atoms with Gasteiger partial charge in [-0.15, -0.1) is 0 Å². The predicted molar refractivity (Wildman–Crippen MR) is 117 cm³/mol. The van der Waals surface area contributed by atoms with Crippen molar-refractivity contribution in [2.45, 2.75) is 25.4 Å². The SMILES string of the molecule is Cc1ccc2c(c1)/C(=C/C(=O)NCCO)C(F)(F)CCN2C(=O)c1cc[c]([Rb])cc1C(F)(F)F. The minimum atomic E-state index is -4.79. The fraction of sp³-hybridized carbons (Fsp3) is 0.304. The molecule has 11 heteroatoms. The average molecular weight is 553 g/mol. The van der Waals surface area contributed by atoms with E-state index in [4.69, 9.17) is 5.11 Å². The van der Waals surface area contributed by atoms with Crippen LogP contribution < -0.4 is 8.85 Å². The van der Waals surface area contributed by atoms with Crippen LogP contribution in [0.25, 0.3) is 5.57 Å². The number of amides is 2. The molecule has 2 aromatic rings. The van der Waals surface area contributed by atoms with E-state index in [-0.39, 0.29) is 79.9 Å². The van der Waals surface area contributed by atoms with E-state index in [1.54, 1.807) is 13.0 Å². The predicted octanol–water partition coefficient (Wildman–Crippen LogP) is 2.99. The molecule has 1 aliphatic heterocycles. The quantitative estimate of drug-likeness (QED) is 0.453. The molecule has 0 saturated carbocycles. The molecule has 0 radical (unpaired) electrons. The van der Waals surface area contributed by atoms with Crippen LogP contribution in [0.15, 0.2) is 42.5 Å². The van der Waals surface area contributed by atoms with Crippen molar-refractivity contribution >= 4 is 77.2 Å². The molecule has 1 aliphatic rings. The van der Waals surface area contributed by atoms with Gasteiger partial charge in [-0.2, -0.15) is 0 Å². The van der Waals surface area contributed by atoms with Crippen molar-refractivity contribution in [3.63, 3.8) is 0 Å². The third kappa shape index (κ3) is 6.02. The first kappa shape index (κ1) is 27.1. The van der Waals surface area contributed by atoms with E-state index in [9.17, 15) is 22.8 Å². The normalized spacial score (nSPS) is 16.7. The van der Waals surface area contributed by atoms with Crippen LogP contribution in [0.4, 0.5) is 27.6 Å². The van der Waals surface area contributed by atoms with E-state index in [1.807, 2.05) is 0 Å². The maximum absolute atomic E-state index is 15.2. The number of rotatable bonds is 4. The number of carbonyl (C=O) groups excluding carboxylic acids is 2. The summed E-state index contributed by atoms with van der Waals surface area (Å²) in [6.07, 6.45) is -4.97. The number of fused-ring (bicyclic) bond motifs is 1. The van der Waals surface area contributed by atoms with Gasteiger partial charge in [-0.25, -0.2) is 0 Å². The summed E-state index contributed by atoms with van der Waals surface area (Å²) in [5.74, 6) is -5.45. The number of aryl methyl sites for hydroxylation is 1. The molecule has 0 fully saturated rings. The second kappa shape index (κ2) is 10.7. The van der Waals surface area contributed by atoms with Crippen LogP contribution in [0.3, 0.4) is 0 Å². The van der Waals surface area contributed by atoms with Gasteiger partial charge in [0.25, 0.3) is 0 Å². The number of allylic oxidation sites excluding steroid dienone is 1. The first-order valence-corrected chi connectivity index (χ1v) is 12.9. The fourth-order valence-corrected chi connectivity index (χ4v) is 4.90. The molecule has 0 spiro atoms. The molecule has 0 bridgehead atoms. The van der Waals surface area contributed by atoms with E-state index in [0.29, 0.717) is 10.3 Å². The Kier molecular flexibility index (Phi) is 8.50. The minimum absolute atomic E-state index is 0.0122. The number of aliphatic hydroxyl groups excluding tert-OH is 1. The molecular weight excluding hydrogens is 533 g/mol. The summed E-state index contributed by atoms with van der Waals surface area (Å²) in [4.78, 5) is 26.4. The Morgan fingerprint density at radius 1 is 1.21 bits per heavy atom. The molecule has 0 unspecified atom stereocenters. The van der Waals surface area contributed by atoms with Crippen LogP contribution in [0, 0.1) is 6.92 Å². The second-order valence-electron chi connectivity index (χ2n) is 8.05. The van der Waals surface area contributed by atoms with Gasteiger partial charge in [0.2, 0.25) is 0 Å². The number of alkyl halides is 5. The number of aliphatic hydroxyl groups is 1. The van der Waals surface area contributed by atoms with Crippen molar-refractivity contribution in [2.75, 3.05) is 24.6 Å². The zero-order valence-electron chi connectivity index (χ0n) is 18.5. The molecule has 1 heterocycles. The molecule has 3 rings (SSSR count). The van der Waals surface area contributed by atoms with Gasteiger partial charge < -0.3 is 5.11 Å². The van der Waals surface area contributed by atoms with E-state index in [0.717, 1.165) is 17.0 Å². The molecule has 0 aliphatic carbocycles. The molecule has 0 atom stereocenters. The summed E-state index contributed by atoms with van der Waals surface area (Å²) in [6.45, 7) is 0.553. The Labute approximate surface area is 231 Å². The van der Waals surface area contributed by atoms with Gasteiger partial charge in [0.05, 0.1) is 6.61 Å². The molecular formula is C23H20F5N2O3Rb. The van der Waals surface area contributed by atoms with Crippen LogP contribution in [-0.4, -0.2) is 98.1 Å². The van der Waals surface area contributed by atoms with Gasteiger partial charge in [-0.3, -0.25) is 0 Å². The van der Waals surface area contributed by atoms with E-state index >= 15 is 8.78 Å². The second-order valence-corrected chi connectivity index (χ2v) is 10.9. The van der Waals surface area contributed by atoms with Crippen molar-refractivity contribution in [1.29, 1.82) is 0 Å². The van der Waals surface area contributed by atoms with Gasteiger partial charge in [-0.05, 0) is 0 Å². The summed E-state index contributed by atoms with van der Waals surface area (Å²) in [7, 11) is 0. The first-order valence-electron chi connectivity index (χ1n) is 10.4. The Hall–Kier alpha value is -1.46. The first-order chi connectivity index (χ1) is 15.8. The number of nitrogens with one attached hydrogen (secondary N) is 1. The van der Waals surface area contributed by atoms with E-state index in [1.165, 1.54) is 18.2 Å². The van der Waals surface area contributed by atoms with Gasteiger partial charge in [-0.1, -0.05) is 0 Å². The Morgan fingerprint density at radius 3 is 2.56 bits per heavy atom. The van der Waals surface area contributed by atoms with Crippen LogP contribution in [0.1, 0.15) is 33.5 Å². The number of anilines is 1. The van der Waals surface area contributed by atoms with Crippen molar-refractivity contribution < 1.29 is 36.6 Å². The van der Waals surface area contributed by atoms with E-state index in [2.05, 4.69) is 5.32 Å². The number of halogens is 5. The number of hydrogen-bond acceptors (Lipinski definition) is 3. The Balaban J connectivity index is 2.17. The number of carbonyl (C=O) groups is 2. The molecule has 2 aromatic carbocycles. The van der Waals surface area contributed by atoms with Crippen molar-refractivity contribution in [3.8, 4) is 0 Å². The van der Waals surface area contributed by atoms with Crippen LogP contribution in [-0.2, 0) is 11.0 Å². The molecule has 0 aromatic heterocycles. The zero-order chi connectivity index (χ0) is 25.3. The van der Waals surface area contributed by atoms with Crippen molar-refractivity contribution in [3.05, 3.63) is 64.7 Å². The number of benzene rings is 2. The van der Waals surface area contributed by atoms with Crippen LogP contribution in [0.5, 0.6) is 0 Å². The summed E-state index contributed by atoms with van der Waals surface area (Å²) >= 11 is -0.237. The molecule has 2 N–H and O–H groups in total. The monoisotopic (exact) mass is 552 g/mol. The summed E-state index contributed by atoms with van der Waals surface area (Å²) in [6, 6.07) is 7.78. The fourth-order valence-electron chi connectivity index (χ4n) is 3.79. The van der Waals surface area contributed by atoms with Gasteiger partial charge in [0, 0.05) is 6.54 Å². The molecule has 34 heavy (non-hydrogen) atoms. The van der Waals surface area contributed by atoms with Gasteiger partial charge in [0.1, 0.15) is 0 Å². The molecule has 0 saturated heterocycles. The van der Waals surface area contributed by atoms with Crippen molar-refractivity contribution in [2.24, 2.45) is 0 Å². The standard InChI is InChI=1S/C23H20F5N2O3.Rb/c1-14-6-7-19-16(12-14)18(13-20(32)29-9-11-31)22(24,25)8-10-30(19)21(33)15-4-2-3-5-17(15)23(26,27)28;/h2,4-7,12-13,31H,8-11H2,1H3,(H,29,32);/b18-13-;. The Bertz CT molecular complexity index is 1150. The maximum atomic E-state index is 15.2. The van der Waals surface area contributed by atoms with Crippen molar-refractivity contribution in [1.82, 2.24) is 5.32 Å². The summed E-state index contributed by atoms with van der Waals surface area (Å²) < 4.78 is 71.9. The third-order valence-corrected chi connectivity index (χ3v) is 6.95. The number of nitrogens with zero attached hydrogens (tertiary/aromatic N) is 1. The van der Waals surface area contributed by atoms with Gasteiger partial charge >= 0.3 is 216 Å². The molecule has 5 nitrogen and oxygen atoms in total. The summed E-state index contributed by atoms with van der Waals surface area (Å²) in [5.41, 5.74) is -1.94. The third-order valence-electron chi connectivity index (χ3n) is 5.42. The van der Waals surface area contributed by atoms with E-state index < -0.39 is 53.6 Å².